The van der Waals surface area contributed by atoms with Crippen LogP contribution in [0, 0.1) is 0 Å². The number of halogens is 3. The molecule has 4 aromatic rings. The Hall–Kier alpha value is -4.61. The zero-order valence-electron chi connectivity index (χ0n) is 16.3. The maximum atomic E-state index is 12.5. The number of anilines is 1. The van der Waals surface area contributed by atoms with Gasteiger partial charge in [0, 0.05) is 18.3 Å². The normalized spacial score (nSPS) is 11.2. The van der Waals surface area contributed by atoms with E-state index in [-0.39, 0.29) is 39.9 Å². The molecule has 33 heavy (non-hydrogen) atoms. The molecule has 0 radical (unpaired) electrons. The van der Waals surface area contributed by atoms with Crippen molar-refractivity contribution in [3.63, 3.8) is 0 Å². The molecule has 0 saturated heterocycles. The molecule has 2 N–H and O–H groups in total. The van der Waals surface area contributed by atoms with Gasteiger partial charge in [0.1, 0.15) is 28.5 Å². The number of aromatic carboxylic acids is 1. The highest BCUT2D eigenvalue weighted by Crippen LogP contribution is 2.29. The molecule has 9 nitrogen and oxygen atoms in total. The number of benzene rings is 2. The van der Waals surface area contributed by atoms with Gasteiger partial charge < -0.3 is 19.0 Å². The highest BCUT2D eigenvalue weighted by atomic mass is 19.4. The summed E-state index contributed by atoms with van der Waals surface area (Å²) in [5, 5.41) is 11.4. The molecular formula is C21H12F3N3O6. The molecule has 1 amide bonds. The Labute approximate surface area is 182 Å². The van der Waals surface area contributed by atoms with Crippen LogP contribution in [0.25, 0.3) is 11.1 Å². The number of pyridine rings is 1. The van der Waals surface area contributed by atoms with Gasteiger partial charge in [-0.3, -0.25) is 15.1 Å². The fraction of sp³-hybridized carbons (Fsp3) is 0.0476. The summed E-state index contributed by atoms with van der Waals surface area (Å²) in [4.78, 5) is 31.5. The fourth-order valence-electron chi connectivity index (χ4n) is 2.74. The van der Waals surface area contributed by atoms with Crippen LogP contribution in [0.3, 0.4) is 0 Å². The Morgan fingerprint density at radius 2 is 1.76 bits per heavy atom. The van der Waals surface area contributed by atoms with Crippen LogP contribution in [0.4, 0.5) is 19.2 Å². The number of aromatic nitrogens is 2. The maximum Gasteiger partial charge on any atom is 0.573 e. The van der Waals surface area contributed by atoms with Crippen molar-refractivity contribution in [3.8, 4) is 17.2 Å². The first-order chi connectivity index (χ1) is 15.7. The van der Waals surface area contributed by atoms with E-state index in [1.54, 1.807) is 0 Å². The number of alkyl halides is 3. The third-order valence-corrected chi connectivity index (χ3v) is 4.09. The van der Waals surface area contributed by atoms with Crippen molar-refractivity contribution < 1.29 is 41.8 Å². The largest absolute Gasteiger partial charge is 0.573 e. The number of carboxylic acid groups (broad SMARTS) is 1. The lowest BCUT2D eigenvalue weighted by atomic mass is 10.2. The van der Waals surface area contributed by atoms with Crippen molar-refractivity contribution >= 4 is 29.0 Å². The summed E-state index contributed by atoms with van der Waals surface area (Å²) in [6, 6.07) is 11.4. The van der Waals surface area contributed by atoms with Crippen LogP contribution < -0.4 is 14.8 Å². The van der Waals surface area contributed by atoms with Crippen molar-refractivity contribution in [2.75, 3.05) is 5.32 Å². The Bertz CT molecular complexity index is 1350. The number of carboxylic acids is 1. The van der Waals surface area contributed by atoms with Gasteiger partial charge in [-0.15, -0.1) is 13.2 Å². The average molecular weight is 459 g/mol. The molecule has 0 fully saturated rings. The molecule has 4 rings (SSSR count). The molecule has 2 heterocycles. The zero-order valence-corrected chi connectivity index (χ0v) is 16.3. The molecule has 2 aromatic carbocycles. The monoisotopic (exact) mass is 459 g/mol. The Kier molecular flexibility index (Phi) is 5.56. The van der Waals surface area contributed by atoms with Gasteiger partial charge in [0.05, 0.1) is 5.56 Å². The van der Waals surface area contributed by atoms with Gasteiger partial charge in [-0.1, -0.05) is 6.07 Å². The minimum absolute atomic E-state index is 0.00453. The molecule has 0 atom stereocenters. The number of nitrogens with one attached hydrogen (secondary N) is 1. The number of rotatable bonds is 6. The van der Waals surface area contributed by atoms with Gasteiger partial charge in [0.2, 0.25) is 0 Å². The number of fused-ring (bicyclic) bond motifs is 1. The Morgan fingerprint density at radius 3 is 2.52 bits per heavy atom. The van der Waals surface area contributed by atoms with Crippen molar-refractivity contribution in [1.82, 2.24) is 9.97 Å². The molecule has 0 aliphatic heterocycles. The first kappa shape index (κ1) is 21.6. The highest BCUT2D eigenvalue weighted by Gasteiger charge is 2.31. The van der Waals surface area contributed by atoms with Crippen LogP contribution in [0.5, 0.6) is 17.2 Å². The van der Waals surface area contributed by atoms with E-state index in [9.17, 15) is 22.8 Å². The first-order valence-corrected chi connectivity index (χ1v) is 9.11. The van der Waals surface area contributed by atoms with Crippen molar-refractivity contribution in [2.45, 2.75) is 6.36 Å². The SMILES string of the molecule is O=C(O)c1ccc2oc(NC(=O)c3cc(Oc4cccc(OC(F)(F)F)c4)ccn3)nc2c1. The number of hydrogen-bond acceptors (Lipinski definition) is 7. The number of carbonyl (C=O) groups excluding carboxylic acids is 1. The number of oxazole rings is 1. The minimum atomic E-state index is -4.85. The van der Waals surface area contributed by atoms with Crippen molar-refractivity contribution in [3.05, 3.63) is 72.1 Å². The van der Waals surface area contributed by atoms with E-state index < -0.39 is 24.0 Å². The van der Waals surface area contributed by atoms with Crippen LogP contribution in [0.2, 0.25) is 0 Å². The first-order valence-electron chi connectivity index (χ1n) is 9.11. The summed E-state index contributed by atoms with van der Waals surface area (Å²) >= 11 is 0. The second kappa shape index (κ2) is 8.49. The molecule has 0 saturated carbocycles. The van der Waals surface area contributed by atoms with Gasteiger partial charge in [-0.25, -0.2) is 4.79 Å². The molecule has 0 aliphatic rings. The predicted molar refractivity (Wildman–Crippen MR) is 106 cm³/mol. The van der Waals surface area contributed by atoms with Crippen molar-refractivity contribution in [1.29, 1.82) is 0 Å². The summed E-state index contributed by atoms with van der Waals surface area (Å²) in [6.45, 7) is 0. The van der Waals surface area contributed by atoms with E-state index in [0.29, 0.717) is 0 Å². The number of carbonyl (C=O) groups is 2. The summed E-state index contributed by atoms with van der Waals surface area (Å²) in [6.07, 6.45) is -3.58. The molecule has 0 bridgehead atoms. The molecule has 0 spiro atoms. The second-order valence-electron chi connectivity index (χ2n) is 6.46. The van der Waals surface area contributed by atoms with Crippen LogP contribution >= 0.6 is 0 Å². The van der Waals surface area contributed by atoms with Gasteiger partial charge in [-0.2, -0.15) is 4.98 Å². The summed E-state index contributed by atoms with van der Waals surface area (Å²) in [7, 11) is 0. The van der Waals surface area contributed by atoms with E-state index >= 15 is 0 Å². The molecule has 0 unspecified atom stereocenters. The van der Waals surface area contributed by atoms with E-state index in [4.69, 9.17) is 14.3 Å². The van der Waals surface area contributed by atoms with Gasteiger partial charge in [0.15, 0.2) is 5.58 Å². The third kappa shape index (κ3) is 5.36. The average Bonchev–Trinajstić information content (AvgIpc) is 3.14. The van der Waals surface area contributed by atoms with Crippen molar-refractivity contribution in [2.24, 2.45) is 0 Å². The highest BCUT2D eigenvalue weighted by molar-refractivity contribution is 6.02. The van der Waals surface area contributed by atoms with E-state index in [1.165, 1.54) is 48.7 Å². The minimum Gasteiger partial charge on any atom is -0.478 e. The number of amides is 1. The van der Waals surface area contributed by atoms with Crippen LogP contribution in [0.1, 0.15) is 20.8 Å². The van der Waals surface area contributed by atoms with E-state index in [0.717, 1.165) is 12.1 Å². The van der Waals surface area contributed by atoms with Gasteiger partial charge in [0.25, 0.3) is 5.91 Å². The molecule has 2 aromatic heterocycles. The Morgan fingerprint density at radius 1 is 1.00 bits per heavy atom. The third-order valence-electron chi connectivity index (χ3n) is 4.09. The standard InChI is InChI=1S/C21H12F3N3O6/c22-21(23,24)33-14-3-1-2-12(9-14)31-13-6-7-25-16(10-13)18(28)27-20-26-15-8-11(19(29)30)4-5-17(15)32-20/h1-10H,(H,29,30)(H,26,27,28). The lowest BCUT2D eigenvalue weighted by Crippen LogP contribution is -2.17. The van der Waals surface area contributed by atoms with Gasteiger partial charge in [-0.05, 0) is 36.4 Å². The number of hydrogen-bond donors (Lipinski definition) is 2. The summed E-state index contributed by atoms with van der Waals surface area (Å²) < 4.78 is 51.9. The summed E-state index contributed by atoms with van der Waals surface area (Å²) in [5.74, 6) is -2.14. The molecule has 0 aliphatic carbocycles. The quantitative estimate of drug-likeness (QED) is 0.419. The van der Waals surface area contributed by atoms with E-state index in [2.05, 4.69) is 20.0 Å². The predicted octanol–water partition coefficient (Wildman–Crippen LogP) is 4.86. The Balaban J connectivity index is 1.48. The second-order valence-corrected chi connectivity index (χ2v) is 6.46. The number of ether oxygens (including phenoxy) is 2. The lowest BCUT2D eigenvalue weighted by molar-refractivity contribution is -0.274. The smallest absolute Gasteiger partial charge is 0.478 e. The van der Waals surface area contributed by atoms with Crippen LogP contribution in [-0.2, 0) is 0 Å². The zero-order chi connectivity index (χ0) is 23.6. The lowest BCUT2D eigenvalue weighted by Gasteiger charge is -2.11. The van der Waals surface area contributed by atoms with Gasteiger partial charge >= 0.3 is 18.3 Å². The fourth-order valence-corrected chi connectivity index (χ4v) is 2.74. The summed E-state index contributed by atoms with van der Waals surface area (Å²) in [5.41, 5.74) is 0.408. The number of nitrogens with zero attached hydrogens (tertiary/aromatic N) is 2. The topological polar surface area (TPSA) is 124 Å². The van der Waals surface area contributed by atoms with Crippen LogP contribution in [-0.4, -0.2) is 33.3 Å². The molecule has 12 heteroatoms. The maximum absolute atomic E-state index is 12.5. The molecule has 168 valence electrons. The van der Waals surface area contributed by atoms with E-state index in [1.807, 2.05) is 0 Å². The molecular weight excluding hydrogens is 447 g/mol. The van der Waals surface area contributed by atoms with Crippen LogP contribution in [0.15, 0.2) is 65.2 Å².